The maximum Gasteiger partial charge on any atom is 0.251 e. The van der Waals surface area contributed by atoms with Gasteiger partial charge in [0, 0.05) is 32.3 Å². The van der Waals surface area contributed by atoms with E-state index in [1.807, 2.05) is 31.2 Å². The third-order valence-corrected chi connectivity index (χ3v) is 3.33. The van der Waals surface area contributed by atoms with Gasteiger partial charge in [0.25, 0.3) is 5.91 Å². The number of likely N-dealkylation sites (N-methyl/N-ethyl adjacent to an activating group) is 1. The van der Waals surface area contributed by atoms with Crippen molar-refractivity contribution in [2.24, 2.45) is 0 Å². The zero-order valence-corrected chi connectivity index (χ0v) is 12.8. The number of amides is 1. The molecule has 1 rings (SSSR count). The van der Waals surface area contributed by atoms with Gasteiger partial charge in [0.05, 0.1) is 6.61 Å². The standard InChI is InChI=1S/C16H26N2O2/c1-4-17-16(19)15-8-6-14(7-9-15)10-11-18(5-2)12-13-20-3/h6-9H,4-5,10-13H2,1-3H3,(H,17,19). The topological polar surface area (TPSA) is 41.6 Å². The maximum absolute atomic E-state index is 11.7. The highest BCUT2D eigenvalue weighted by Gasteiger charge is 2.05. The average Bonchev–Trinajstić information content (AvgIpc) is 2.48. The molecule has 0 heterocycles. The molecule has 0 atom stereocenters. The maximum atomic E-state index is 11.7. The number of rotatable bonds is 9. The number of benzene rings is 1. The number of carbonyl (C=O) groups is 1. The van der Waals surface area contributed by atoms with Gasteiger partial charge in [-0.2, -0.15) is 0 Å². The van der Waals surface area contributed by atoms with Gasteiger partial charge in [0.1, 0.15) is 0 Å². The predicted octanol–water partition coefficient (Wildman–Crippen LogP) is 1.95. The lowest BCUT2D eigenvalue weighted by Crippen LogP contribution is -2.29. The van der Waals surface area contributed by atoms with Crippen LogP contribution in [0.1, 0.15) is 29.8 Å². The third kappa shape index (κ3) is 5.72. The summed E-state index contributed by atoms with van der Waals surface area (Å²) in [6.45, 7) is 8.51. The summed E-state index contributed by atoms with van der Waals surface area (Å²) in [5, 5.41) is 2.80. The van der Waals surface area contributed by atoms with Crippen LogP contribution in [-0.4, -0.2) is 50.7 Å². The number of carbonyl (C=O) groups excluding carboxylic acids is 1. The van der Waals surface area contributed by atoms with Gasteiger partial charge in [0.2, 0.25) is 0 Å². The quantitative estimate of drug-likeness (QED) is 0.750. The summed E-state index contributed by atoms with van der Waals surface area (Å²) < 4.78 is 5.11. The SMILES string of the molecule is CCNC(=O)c1ccc(CCN(CC)CCOC)cc1. The second-order valence-electron chi connectivity index (χ2n) is 4.73. The largest absolute Gasteiger partial charge is 0.383 e. The van der Waals surface area contributed by atoms with Crippen molar-refractivity contribution in [1.29, 1.82) is 0 Å². The van der Waals surface area contributed by atoms with Gasteiger partial charge in [-0.05, 0) is 37.6 Å². The molecule has 0 saturated carbocycles. The molecule has 0 aliphatic heterocycles. The number of hydrogen-bond acceptors (Lipinski definition) is 3. The molecule has 0 unspecified atom stereocenters. The summed E-state index contributed by atoms with van der Waals surface area (Å²) in [6, 6.07) is 7.86. The lowest BCUT2D eigenvalue weighted by Gasteiger charge is -2.19. The van der Waals surface area contributed by atoms with E-state index < -0.39 is 0 Å². The van der Waals surface area contributed by atoms with Crippen molar-refractivity contribution < 1.29 is 9.53 Å². The molecule has 4 heteroatoms. The second kappa shape index (κ2) is 9.50. The monoisotopic (exact) mass is 278 g/mol. The van der Waals surface area contributed by atoms with E-state index in [1.54, 1.807) is 7.11 Å². The smallest absolute Gasteiger partial charge is 0.251 e. The van der Waals surface area contributed by atoms with Crippen molar-refractivity contribution in [3.8, 4) is 0 Å². The molecule has 0 bridgehead atoms. The summed E-state index contributed by atoms with van der Waals surface area (Å²) >= 11 is 0. The number of ether oxygens (including phenoxy) is 1. The van der Waals surface area contributed by atoms with Crippen LogP contribution in [0.4, 0.5) is 0 Å². The highest BCUT2D eigenvalue weighted by atomic mass is 16.5. The van der Waals surface area contributed by atoms with E-state index in [4.69, 9.17) is 4.74 Å². The molecule has 20 heavy (non-hydrogen) atoms. The lowest BCUT2D eigenvalue weighted by atomic mass is 10.1. The Labute approximate surface area is 122 Å². The number of hydrogen-bond donors (Lipinski definition) is 1. The van der Waals surface area contributed by atoms with Gasteiger partial charge in [-0.25, -0.2) is 0 Å². The number of methoxy groups -OCH3 is 1. The van der Waals surface area contributed by atoms with Crippen LogP contribution in [0.5, 0.6) is 0 Å². The Morgan fingerprint density at radius 1 is 1.20 bits per heavy atom. The van der Waals surface area contributed by atoms with Gasteiger partial charge in [-0.1, -0.05) is 19.1 Å². The van der Waals surface area contributed by atoms with Gasteiger partial charge < -0.3 is 15.0 Å². The van der Waals surface area contributed by atoms with E-state index in [0.717, 1.165) is 38.2 Å². The van der Waals surface area contributed by atoms with E-state index >= 15 is 0 Å². The summed E-state index contributed by atoms with van der Waals surface area (Å²) in [6.07, 6.45) is 0.993. The van der Waals surface area contributed by atoms with Crippen molar-refractivity contribution in [2.75, 3.05) is 39.9 Å². The van der Waals surface area contributed by atoms with Gasteiger partial charge in [-0.15, -0.1) is 0 Å². The molecule has 0 aliphatic rings. The average molecular weight is 278 g/mol. The van der Waals surface area contributed by atoms with Crippen LogP contribution in [0, 0.1) is 0 Å². The molecule has 112 valence electrons. The van der Waals surface area contributed by atoms with Crippen molar-refractivity contribution in [1.82, 2.24) is 10.2 Å². The van der Waals surface area contributed by atoms with Gasteiger partial charge in [0.15, 0.2) is 0 Å². The first kappa shape index (κ1) is 16.7. The Kier molecular flexibility index (Phi) is 7.92. The predicted molar refractivity (Wildman–Crippen MR) is 82.1 cm³/mol. The second-order valence-corrected chi connectivity index (χ2v) is 4.73. The van der Waals surface area contributed by atoms with E-state index in [9.17, 15) is 4.79 Å². The highest BCUT2D eigenvalue weighted by Crippen LogP contribution is 2.06. The minimum atomic E-state index is -0.00525. The molecule has 1 N–H and O–H groups in total. The molecule has 1 aromatic carbocycles. The van der Waals surface area contributed by atoms with Crippen molar-refractivity contribution in [2.45, 2.75) is 20.3 Å². The Bertz CT molecular complexity index is 390. The first-order valence-corrected chi connectivity index (χ1v) is 7.29. The summed E-state index contributed by atoms with van der Waals surface area (Å²) in [5.74, 6) is -0.00525. The van der Waals surface area contributed by atoms with E-state index in [1.165, 1.54) is 5.56 Å². The zero-order valence-electron chi connectivity index (χ0n) is 12.8. The first-order valence-electron chi connectivity index (χ1n) is 7.29. The molecule has 0 radical (unpaired) electrons. The molecule has 1 amide bonds. The highest BCUT2D eigenvalue weighted by molar-refractivity contribution is 5.94. The molecule has 0 aliphatic carbocycles. The molecule has 0 spiro atoms. The Hall–Kier alpha value is -1.39. The van der Waals surface area contributed by atoms with Crippen LogP contribution in [0.3, 0.4) is 0 Å². The molecule has 0 saturated heterocycles. The minimum absolute atomic E-state index is 0.00525. The lowest BCUT2D eigenvalue weighted by molar-refractivity contribution is 0.0956. The molecule has 0 fully saturated rings. The van der Waals surface area contributed by atoms with Crippen LogP contribution < -0.4 is 5.32 Å². The fourth-order valence-electron chi connectivity index (χ4n) is 2.02. The van der Waals surface area contributed by atoms with Crippen molar-refractivity contribution in [3.05, 3.63) is 35.4 Å². The van der Waals surface area contributed by atoms with Crippen molar-refractivity contribution in [3.63, 3.8) is 0 Å². The van der Waals surface area contributed by atoms with Gasteiger partial charge >= 0.3 is 0 Å². The van der Waals surface area contributed by atoms with Gasteiger partial charge in [-0.3, -0.25) is 4.79 Å². The van der Waals surface area contributed by atoms with E-state index in [-0.39, 0.29) is 5.91 Å². The Morgan fingerprint density at radius 3 is 2.45 bits per heavy atom. The van der Waals surface area contributed by atoms with Crippen LogP contribution in [-0.2, 0) is 11.2 Å². The first-order chi connectivity index (χ1) is 9.71. The van der Waals surface area contributed by atoms with Crippen LogP contribution in [0.2, 0.25) is 0 Å². The molecular formula is C16H26N2O2. The minimum Gasteiger partial charge on any atom is -0.383 e. The zero-order chi connectivity index (χ0) is 14.8. The summed E-state index contributed by atoms with van der Waals surface area (Å²) in [5.41, 5.74) is 1.98. The van der Waals surface area contributed by atoms with Crippen molar-refractivity contribution >= 4 is 5.91 Å². The molecular weight excluding hydrogens is 252 g/mol. The normalized spacial score (nSPS) is 10.8. The third-order valence-electron chi connectivity index (χ3n) is 3.33. The Morgan fingerprint density at radius 2 is 1.90 bits per heavy atom. The molecule has 1 aromatic rings. The van der Waals surface area contributed by atoms with E-state index in [2.05, 4.69) is 17.1 Å². The van der Waals surface area contributed by atoms with E-state index in [0.29, 0.717) is 6.54 Å². The van der Waals surface area contributed by atoms with Crippen LogP contribution in [0.15, 0.2) is 24.3 Å². The van der Waals surface area contributed by atoms with Crippen LogP contribution >= 0.6 is 0 Å². The molecule has 4 nitrogen and oxygen atoms in total. The summed E-state index contributed by atoms with van der Waals surface area (Å²) in [4.78, 5) is 14.0. The number of nitrogens with zero attached hydrogens (tertiary/aromatic N) is 1. The fraction of sp³-hybridized carbons (Fsp3) is 0.562. The fourth-order valence-corrected chi connectivity index (χ4v) is 2.02. The number of nitrogens with one attached hydrogen (secondary N) is 1. The Balaban J connectivity index is 2.46. The summed E-state index contributed by atoms with van der Waals surface area (Å²) in [7, 11) is 1.73. The van der Waals surface area contributed by atoms with Crippen LogP contribution in [0.25, 0.3) is 0 Å². The molecule has 0 aromatic heterocycles.